The van der Waals surface area contributed by atoms with E-state index in [0.717, 1.165) is 4.47 Å². The Morgan fingerprint density at radius 3 is 3.06 bits per heavy atom. The molecular formula is C11H9BrFN3O2. The molecule has 2 aromatic rings. The maximum absolute atomic E-state index is 13.5. The highest BCUT2D eigenvalue weighted by atomic mass is 79.9. The lowest BCUT2D eigenvalue weighted by molar-refractivity contribution is 0.0586. The average molecular weight is 314 g/mol. The Bertz CT molecular complexity index is 585. The van der Waals surface area contributed by atoms with Crippen LogP contribution in [0.3, 0.4) is 0 Å². The van der Waals surface area contributed by atoms with Gasteiger partial charge in [-0.25, -0.2) is 18.9 Å². The van der Waals surface area contributed by atoms with Crippen LogP contribution in [0.15, 0.2) is 29.0 Å². The van der Waals surface area contributed by atoms with Crippen LogP contribution in [0.2, 0.25) is 0 Å². The minimum atomic E-state index is -0.622. The second-order valence-electron chi connectivity index (χ2n) is 3.49. The average Bonchev–Trinajstić information content (AvgIpc) is 2.81. The molecule has 2 rings (SSSR count). The Labute approximate surface area is 111 Å². The van der Waals surface area contributed by atoms with Gasteiger partial charge in [0.1, 0.15) is 12.1 Å². The number of rotatable bonds is 3. The largest absolute Gasteiger partial charge is 0.463 e. The molecule has 0 bridgehead atoms. The Hall–Kier alpha value is -1.76. The summed E-state index contributed by atoms with van der Waals surface area (Å²) in [6.45, 7) is 0.190. The van der Waals surface area contributed by atoms with E-state index < -0.39 is 5.97 Å². The highest BCUT2D eigenvalue weighted by molar-refractivity contribution is 9.10. The number of carbonyl (C=O) groups excluding carboxylic acids is 1. The van der Waals surface area contributed by atoms with Gasteiger partial charge in [0.2, 0.25) is 0 Å². The van der Waals surface area contributed by atoms with E-state index in [1.807, 2.05) is 0 Å². The zero-order valence-electron chi connectivity index (χ0n) is 9.43. The molecule has 0 radical (unpaired) electrons. The van der Waals surface area contributed by atoms with Crippen LogP contribution < -0.4 is 0 Å². The van der Waals surface area contributed by atoms with Crippen molar-refractivity contribution in [2.75, 3.05) is 7.11 Å². The number of benzene rings is 1. The van der Waals surface area contributed by atoms with Gasteiger partial charge in [0.05, 0.1) is 13.7 Å². The van der Waals surface area contributed by atoms with Crippen LogP contribution in [0.25, 0.3) is 0 Å². The van der Waals surface area contributed by atoms with Crippen LogP contribution in [-0.4, -0.2) is 27.8 Å². The van der Waals surface area contributed by atoms with E-state index in [1.165, 1.54) is 24.2 Å². The first-order chi connectivity index (χ1) is 8.60. The van der Waals surface area contributed by atoms with E-state index in [9.17, 15) is 9.18 Å². The number of carbonyl (C=O) groups is 1. The summed E-state index contributed by atoms with van der Waals surface area (Å²) in [6.07, 6.45) is 1.35. The van der Waals surface area contributed by atoms with Crippen LogP contribution in [0.4, 0.5) is 4.39 Å². The van der Waals surface area contributed by atoms with E-state index in [2.05, 4.69) is 30.7 Å². The zero-order chi connectivity index (χ0) is 13.1. The first-order valence-electron chi connectivity index (χ1n) is 5.02. The van der Waals surface area contributed by atoms with E-state index in [1.54, 1.807) is 12.1 Å². The number of esters is 1. The van der Waals surface area contributed by atoms with Crippen molar-refractivity contribution in [2.45, 2.75) is 6.54 Å². The Morgan fingerprint density at radius 2 is 2.33 bits per heavy atom. The molecule has 0 spiro atoms. The van der Waals surface area contributed by atoms with Gasteiger partial charge in [0.25, 0.3) is 5.82 Å². The number of hydrogen-bond acceptors (Lipinski definition) is 4. The van der Waals surface area contributed by atoms with E-state index >= 15 is 0 Å². The lowest BCUT2D eigenvalue weighted by Crippen LogP contribution is -2.07. The smallest absolute Gasteiger partial charge is 0.377 e. The molecule has 0 aliphatic rings. The third-order valence-corrected chi connectivity index (χ3v) is 2.74. The summed E-state index contributed by atoms with van der Waals surface area (Å²) in [4.78, 5) is 14.9. The highest BCUT2D eigenvalue weighted by Crippen LogP contribution is 2.16. The fourth-order valence-electron chi connectivity index (χ4n) is 1.39. The van der Waals surface area contributed by atoms with Crippen LogP contribution in [0.5, 0.6) is 0 Å². The molecule has 0 saturated heterocycles. The lowest BCUT2D eigenvalue weighted by Gasteiger charge is -2.03. The summed E-state index contributed by atoms with van der Waals surface area (Å²) in [5.41, 5.74) is 0.450. The SMILES string of the molecule is COC(=O)c1ncn(Cc2cc(Br)ccc2F)n1. The molecule has 18 heavy (non-hydrogen) atoms. The summed E-state index contributed by atoms with van der Waals surface area (Å²) < 4.78 is 20.1. The number of hydrogen-bond donors (Lipinski definition) is 0. The molecule has 0 N–H and O–H groups in total. The predicted octanol–water partition coefficient (Wildman–Crippen LogP) is 2.01. The molecule has 0 saturated carbocycles. The van der Waals surface area contributed by atoms with Crippen molar-refractivity contribution in [1.29, 1.82) is 0 Å². The van der Waals surface area contributed by atoms with Crippen molar-refractivity contribution in [3.05, 3.63) is 46.2 Å². The van der Waals surface area contributed by atoms with Crippen molar-refractivity contribution in [1.82, 2.24) is 14.8 Å². The summed E-state index contributed by atoms with van der Waals surface area (Å²) in [7, 11) is 1.25. The molecular weight excluding hydrogens is 305 g/mol. The Morgan fingerprint density at radius 1 is 1.56 bits per heavy atom. The second kappa shape index (κ2) is 5.26. The molecule has 0 aliphatic heterocycles. The molecule has 0 amide bonds. The van der Waals surface area contributed by atoms with Gasteiger partial charge in [0.15, 0.2) is 0 Å². The van der Waals surface area contributed by atoms with Crippen LogP contribution in [-0.2, 0) is 11.3 Å². The number of methoxy groups -OCH3 is 1. The predicted molar refractivity (Wildman–Crippen MR) is 64.6 cm³/mol. The number of ether oxygens (including phenoxy) is 1. The van der Waals surface area contributed by atoms with Crippen molar-refractivity contribution >= 4 is 21.9 Å². The van der Waals surface area contributed by atoms with Gasteiger partial charge in [-0.2, -0.15) is 0 Å². The monoisotopic (exact) mass is 313 g/mol. The molecule has 7 heteroatoms. The number of halogens is 2. The summed E-state index contributed by atoms with van der Waals surface area (Å²) in [5.74, 6) is -1.01. The van der Waals surface area contributed by atoms with Crippen molar-refractivity contribution in [2.24, 2.45) is 0 Å². The first-order valence-corrected chi connectivity index (χ1v) is 5.81. The third-order valence-electron chi connectivity index (χ3n) is 2.24. The number of nitrogens with zero attached hydrogens (tertiary/aromatic N) is 3. The van der Waals surface area contributed by atoms with Gasteiger partial charge in [-0.1, -0.05) is 15.9 Å². The van der Waals surface area contributed by atoms with Crippen LogP contribution in [0.1, 0.15) is 16.2 Å². The van der Waals surface area contributed by atoms with Crippen molar-refractivity contribution in [3.8, 4) is 0 Å². The molecule has 1 aromatic carbocycles. The summed E-state index contributed by atoms with van der Waals surface area (Å²) in [5, 5.41) is 3.90. The second-order valence-corrected chi connectivity index (χ2v) is 4.41. The van der Waals surface area contributed by atoms with Crippen molar-refractivity contribution in [3.63, 3.8) is 0 Å². The molecule has 0 unspecified atom stereocenters. The normalized spacial score (nSPS) is 10.4. The standard InChI is InChI=1S/C11H9BrFN3O2/c1-18-11(17)10-14-6-16(15-10)5-7-4-8(12)2-3-9(7)13/h2-4,6H,5H2,1H3. The fourth-order valence-corrected chi connectivity index (χ4v) is 1.80. The van der Waals surface area contributed by atoms with E-state index in [0.29, 0.717) is 5.56 Å². The van der Waals surface area contributed by atoms with Crippen molar-refractivity contribution < 1.29 is 13.9 Å². The van der Waals surface area contributed by atoms with E-state index in [-0.39, 0.29) is 18.2 Å². The quantitative estimate of drug-likeness (QED) is 0.813. The lowest BCUT2D eigenvalue weighted by atomic mass is 10.2. The maximum Gasteiger partial charge on any atom is 0.377 e. The third kappa shape index (κ3) is 2.73. The summed E-state index contributed by atoms with van der Waals surface area (Å²) in [6, 6.07) is 4.62. The maximum atomic E-state index is 13.5. The molecule has 0 atom stereocenters. The molecule has 94 valence electrons. The summed E-state index contributed by atoms with van der Waals surface area (Å²) >= 11 is 3.26. The van der Waals surface area contributed by atoms with Crippen LogP contribution >= 0.6 is 15.9 Å². The van der Waals surface area contributed by atoms with Gasteiger partial charge < -0.3 is 4.74 Å². The van der Waals surface area contributed by atoms with Crippen LogP contribution in [0, 0.1) is 5.82 Å². The van der Waals surface area contributed by atoms with Gasteiger partial charge in [-0.15, -0.1) is 5.10 Å². The molecule has 5 nitrogen and oxygen atoms in total. The topological polar surface area (TPSA) is 57.0 Å². The van der Waals surface area contributed by atoms with Gasteiger partial charge in [-0.3, -0.25) is 0 Å². The first kappa shape index (κ1) is 12.7. The molecule has 1 heterocycles. The number of aromatic nitrogens is 3. The zero-order valence-corrected chi connectivity index (χ0v) is 11.0. The van der Waals surface area contributed by atoms with Gasteiger partial charge in [-0.05, 0) is 18.2 Å². The molecule has 1 aromatic heterocycles. The molecule has 0 aliphatic carbocycles. The Balaban J connectivity index is 2.21. The fraction of sp³-hybridized carbons (Fsp3) is 0.182. The minimum Gasteiger partial charge on any atom is -0.463 e. The van der Waals surface area contributed by atoms with Gasteiger partial charge >= 0.3 is 5.97 Å². The van der Waals surface area contributed by atoms with Gasteiger partial charge in [0, 0.05) is 10.0 Å². The minimum absolute atomic E-state index is 0.0482. The highest BCUT2D eigenvalue weighted by Gasteiger charge is 2.12. The Kier molecular flexibility index (Phi) is 3.71. The van der Waals surface area contributed by atoms with E-state index in [4.69, 9.17) is 0 Å². The molecule has 0 fully saturated rings.